The van der Waals surface area contributed by atoms with Crippen molar-refractivity contribution in [3.05, 3.63) is 0 Å². The van der Waals surface area contributed by atoms with Crippen LogP contribution < -0.4 is 16.4 Å². The smallest absolute Gasteiger partial charge is 0.220 e. The van der Waals surface area contributed by atoms with Crippen LogP contribution in [0.4, 0.5) is 0 Å². The molecule has 104 valence electrons. The molecule has 1 saturated heterocycles. The number of nitrogens with zero attached hydrogens (tertiary/aromatic N) is 1. The molecule has 1 rings (SSSR count). The molecule has 1 fully saturated rings. The average molecular weight is 256 g/mol. The summed E-state index contributed by atoms with van der Waals surface area (Å²) in [5, 5.41) is 18.0. The Kier molecular flexibility index (Phi) is 5.40. The van der Waals surface area contributed by atoms with Gasteiger partial charge in [0, 0.05) is 24.4 Å². The number of amides is 1. The molecule has 5 N–H and O–H groups in total. The molecule has 1 heterocycles. The molecule has 1 atom stereocenters. The molecule has 18 heavy (non-hydrogen) atoms. The fourth-order valence-electron chi connectivity index (χ4n) is 2.01. The molecule has 0 aromatic carbocycles. The van der Waals surface area contributed by atoms with Crippen LogP contribution in [0.3, 0.4) is 0 Å². The normalized spacial score (nSPS) is 21.8. The summed E-state index contributed by atoms with van der Waals surface area (Å²) in [7, 11) is 0. The Hall–Kier alpha value is -1.30. The van der Waals surface area contributed by atoms with Gasteiger partial charge >= 0.3 is 0 Å². The number of nitrogens with two attached hydrogens (primary N) is 1. The van der Waals surface area contributed by atoms with Crippen molar-refractivity contribution >= 4 is 11.7 Å². The second-order valence-electron chi connectivity index (χ2n) is 5.47. The SMILES string of the molecule is CC(C)(CCCNC1CCC(=O)NC1)C(N)=NO. The molecule has 0 aromatic heterocycles. The zero-order valence-corrected chi connectivity index (χ0v) is 11.2. The highest BCUT2D eigenvalue weighted by atomic mass is 16.4. The highest BCUT2D eigenvalue weighted by Gasteiger charge is 2.23. The number of oxime groups is 1. The predicted molar refractivity (Wildman–Crippen MR) is 70.5 cm³/mol. The molecule has 0 radical (unpaired) electrons. The first-order chi connectivity index (χ1) is 8.45. The molecular formula is C12H24N4O2. The number of hydrogen-bond acceptors (Lipinski definition) is 4. The molecular weight excluding hydrogens is 232 g/mol. The van der Waals surface area contributed by atoms with Gasteiger partial charge in [-0.05, 0) is 25.8 Å². The standard InChI is InChI=1S/C12H24N4O2/c1-12(2,11(13)16-18)6-3-7-14-9-4-5-10(17)15-8-9/h9,14,18H,3-8H2,1-2H3,(H2,13,16)(H,15,17). The molecule has 6 heteroatoms. The van der Waals surface area contributed by atoms with E-state index in [0.29, 0.717) is 19.0 Å². The van der Waals surface area contributed by atoms with Gasteiger partial charge in [0.15, 0.2) is 0 Å². The van der Waals surface area contributed by atoms with Crippen molar-refractivity contribution in [2.75, 3.05) is 13.1 Å². The Morgan fingerprint density at radius 2 is 2.39 bits per heavy atom. The van der Waals surface area contributed by atoms with Gasteiger partial charge in [0.05, 0.1) is 0 Å². The average Bonchev–Trinajstić information content (AvgIpc) is 2.35. The summed E-state index contributed by atoms with van der Waals surface area (Å²) in [5.74, 6) is 0.411. The summed E-state index contributed by atoms with van der Waals surface area (Å²) in [5.41, 5.74) is 5.34. The van der Waals surface area contributed by atoms with Gasteiger partial charge in [-0.1, -0.05) is 19.0 Å². The molecule has 0 bridgehead atoms. The maximum Gasteiger partial charge on any atom is 0.220 e. The van der Waals surface area contributed by atoms with Crippen LogP contribution in [0.15, 0.2) is 5.16 Å². The Labute approximate surface area is 108 Å². The molecule has 1 aliphatic rings. The quantitative estimate of drug-likeness (QED) is 0.182. The molecule has 1 amide bonds. The van der Waals surface area contributed by atoms with E-state index in [4.69, 9.17) is 10.9 Å². The first kappa shape index (κ1) is 14.8. The van der Waals surface area contributed by atoms with Gasteiger partial charge in [0.25, 0.3) is 0 Å². The van der Waals surface area contributed by atoms with Crippen molar-refractivity contribution in [3.63, 3.8) is 0 Å². The third-order valence-corrected chi connectivity index (χ3v) is 3.48. The van der Waals surface area contributed by atoms with Crippen LogP contribution in [0, 0.1) is 5.41 Å². The van der Waals surface area contributed by atoms with E-state index in [1.54, 1.807) is 0 Å². The lowest BCUT2D eigenvalue weighted by molar-refractivity contribution is -0.122. The van der Waals surface area contributed by atoms with Crippen molar-refractivity contribution in [2.24, 2.45) is 16.3 Å². The van der Waals surface area contributed by atoms with E-state index in [-0.39, 0.29) is 17.2 Å². The van der Waals surface area contributed by atoms with Crippen LogP contribution in [0.2, 0.25) is 0 Å². The van der Waals surface area contributed by atoms with Crippen molar-refractivity contribution in [2.45, 2.75) is 45.6 Å². The second kappa shape index (κ2) is 6.58. The Bertz CT molecular complexity index is 305. The number of piperidine rings is 1. The van der Waals surface area contributed by atoms with Gasteiger partial charge in [-0.15, -0.1) is 0 Å². The third kappa shape index (κ3) is 4.52. The lowest BCUT2D eigenvalue weighted by Crippen LogP contribution is -2.46. The summed E-state index contributed by atoms with van der Waals surface area (Å²) in [6, 6.07) is 0.370. The lowest BCUT2D eigenvalue weighted by atomic mass is 9.86. The second-order valence-corrected chi connectivity index (χ2v) is 5.47. The first-order valence-corrected chi connectivity index (χ1v) is 6.44. The summed E-state index contributed by atoms with van der Waals surface area (Å²) in [6.07, 6.45) is 3.31. The number of rotatable bonds is 6. The molecule has 1 aliphatic heterocycles. The monoisotopic (exact) mass is 256 g/mol. The summed E-state index contributed by atoms with van der Waals surface area (Å²) >= 11 is 0. The van der Waals surface area contributed by atoms with Crippen LogP contribution in [-0.4, -0.2) is 36.1 Å². The molecule has 1 unspecified atom stereocenters. The summed E-state index contributed by atoms with van der Waals surface area (Å²) in [4.78, 5) is 11.0. The first-order valence-electron chi connectivity index (χ1n) is 6.44. The van der Waals surface area contributed by atoms with E-state index < -0.39 is 0 Å². The van der Waals surface area contributed by atoms with E-state index in [0.717, 1.165) is 25.8 Å². The number of nitrogens with one attached hydrogen (secondary N) is 2. The highest BCUT2D eigenvalue weighted by Crippen LogP contribution is 2.22. The summed E-state index contributed by atoms with van der Waals surface area (Å²) in [6.45, 7) is 5.51. The molecule has 0 spiro atoms. The van der Waals surface area contributed by atoms with E-state index >= 15 is 0 Å². The maximum absolute atomic E-state index is 11.0. The number of hydrogen-bond donors (Lipinski definition) is 4. The third-order valence-electron chi connectivity index (χ3n) is 3.48. The molecule has 6 nitrogen and oxygen atoms in total. The molecule has 0 saturated carbocycles. The largest absolute Gasteiger partial charge is 0.409 e. The van der Waals surface area contributed by atoms with Gasteiger partial charge in [0.2, 0.25) is 5.91 Å². The number of carbonyl (C=O) groups is 1. The van der Waals surface area contributed by atoms with E-state index in [9.17, 15) is 4.79 Å². The Balaban J connectivity index is 2.17. The molecule has 0 aliphatic carbocycles. The number of carbonyl (C=O) groups excluding carboxylic acids is 1. The van der Waals surface area contributed by atoms with Crippen molar-refractivity contribution in [3.8, 4) is 0 Å². The zero-order chi connectivity index (χ0) is 13.6. The minimum Gasteiger partial charge on any atom is -0.409 e. The highest BCUT2D eigenvalue weighted by molar-refractivity contribution is 5.85. The van der Waals surface area contributed by atoms with Gasteiger partial charge in [0.1, 0.15) is 5.84 Å². The number of amidine groups is 1. The fraction of sp³-hybridized carbons (Fsp3) is 0.833. The van der Waals surface area contributed by atoms with Crippen molar-refractivity contribution in [1.29, 1.82) is 0 Å². The molecule has 0 aromatic rings. The van der Waals surface area contributed by atoms with Gasteiger partial charge in [-0.3, -0.25) is 4.79 Å². The van der Waals surface area contributed by atoms with Crippen LogP contribution in [-0.2, 0) is 4.79 Å². The van der Waals surface area contributed by atoms with Gasteiger partial charge < -0.3 is 21.6 Å². The van der Waals surface area contributed by atoms with E-state index in [2.05, 4.69) is 15.8 Å². The van der Waals surface area contributed by atoms with Crippen LogP contribution >= 0.6 is 0 Å². The van der Waals surface area contributed by atoms with Crippen LogP contribution in [0.1, 0.15) is 39.5 Å². The van der Waals surface area contributed by atoms with Crippen LogP contribution in [0.25, 0.3) is 0 Å². The summed E-state index contributed by atoms with van der Waals surface area (Å²) < 4.78 is 0. The zero-order valence-electron chi connectivity index (χ0n) is 11.2. The maximum atomic E-state index is 11.0. The Morgan fingerprint density at radius 1 is 1.67 bits per heavy atom. The van der Waals surface area contributed by atoms with Gasteiger partial charge in [-0.25, -0.2) is 0 Å². The Morgan fingerprint density at radius 3 is 2.94 bits per heavy atom. The minimum atomic E-state index is -0.281. The van der Waals surface area contributed by atoms with Crippen molar-refractivity contribution < 1.29 is 10.0 Å². The topological polar surface area (TPSA) is 99.7 Å². The lowest BCUT2D eigenvalue weighted by Gasteiger charge is -2.25. The minimum absolute atomic E-state index is 0.140. The van der Waals surface area contributed by atoms with E-state index in [1.165, 1.54) is 0 Å². The van der Waals surface area contributed by atoms with Crippen molar-refractivity contribution in [1.82, 2.24) is 10.6 Å². The van der Waals surface area contributed by atoms with Gasteiger partial charge in [-0.2, -0.15) is 0 Å². The van der Waals surface area contributed by atoms with Crippen LogP contribution in [0.5, 0.6) is 0 Å². The fourth-order valence-corrected chi connectivity index (χ4v) is 2.01. The van der Waals surface area contributed by atoms with E-state index in [1.807, 2.05) is 13.8 Å². The predicted octanol–water partition coefficient (Wildman–Crippen LogP) is 0.407.